The molecule has 4 heteroatoms. The number of piperazine rings is 1. The van der Waals surface area contributed by atoms with Gasteiger partial charge in [-0.2, -0.15) is 0 Å². The molecular weight excluding hydrogens is 192 g/mol. The lowest BCUT2D eigenvalue weighted by Gasteiger charge is -2.43. The van der Waals surface area contributed by atoms with Crippen molar-refractivity contribution < 1.29 is 9.90 Å². The number of hydrogen-bond acceptors (Lipinski definition) is 3. The van der Waals surface area contributed by atoms with Gasteiger partial charge in [0.05, 0.1) is 6.61 Å². The fourth-order valence-electron chi connectivity index (χ4n) is 2.91. The minimum atomic E-state index is -0.322. The predicted octanol–water partition coefficient (Wildman–Crippen LogP) is 0.110. The van der Waals surface area contributed by atoms with Crippen LogP contribution in [0.5, 0.6) is 0 Å². The second kappa shape index (κ2) is 4.49. The molecule has 2 aliphatic rings. The Bertz CT molecular complexity index is 239. The van der Waals surface area contributed by atoms with Gasteiger partial charge in [-0.25, -0.2) is 0 Å². The quantitative estimate of drug-likeness (QED) is 0.683. The molecule has 1 aliphatic carbocycles. The number of carbonyl (C=O) groups is 1. The molecule has 0 spiro atoms. The number of rotatable bonds is 2. The first kappa shape index (κ1) is 10.9. The van der Waals surface area contributed by atoms with Crippen molar-refractivity contribution in [3.63, 3.8) is 0 Å². The van der Waals surface area contributed by atoms with Gasteiger partial charge in [-0.15, -0.1) is 0 Å². The molecule has 1 saturated carbocycles. The first-order chi connectivity index (χ1) is 7.24. The molecule has 2 rings (SSSR count). The molecule has 0 aromatic rings. The van der Waals surface area contributed by atoms with E-state index in [9.17, 15) is 9.90 Å². The summed E-state index contributed by atoms with van der Waals surface area (Å²) in [7, 11) is 0. The number of nitrogens with one attached hydrogen (secondary N) is 1. The maximum Gasteiger partial charge on any atom is 0.239 e. The van der Waals surface area contributed by atoms with E-state index in [1.54, 1.807) is 0 Å². The maximum absolute atomic E-state index is 11.6. The van der Waals surface area contributed by atoms with Crippen LogP contribution >= 0.6 is 0 Å². The highest BCUT2D eigenvalue weighted by atomic mass is 16.3. The Labute approximate surface area is 90.6 Å². The average molecular weight is 212 g/mol. The fraction of sp³-hybridized carbons (Fsp3) is 0.909. The van der Waals surface area contributed by atoms with Crippen LogP contribution in [0.15, 0.2) is 0 Å². The van der Waals surface area contributed by atoms with E-state index in [0.717, 1.165) is 0 Å². The summed E-state index contributed by atoms with van der Waals surface area (Å²) in [6.45, 7) is 2.78. The summed E-state index contributed by atoms with van der Waals surface area (Å²) in [5, 5.41) is 12.2. The van der Waals surface area contributed by atoms with Crippen LogP contribution in [-0.2, 0) is 4.79 Å². The summed E-state index contributed by atoms with van der Waals surface area (Å²) >= 11 is 0. The van der Waals surface area contributed by atoms with Gasteiger partial charge < -0.3 is 10.4 Å². The summed E-state index contributed by atoms with van der Waals surface area (Å²) < 4.78 is 0. The molecule has 15 heavy (non-hydrogen) atoms. The number of carbonyl (C=O) groups excluding carboxylic acids is 1. The van der Waals surface area contributed by atoms with Crippen molar-refractivity contribution in [3.8, 4) is 0 Å². The normalized spacial score (nSPS) is 34.4. The number of amides is 1. The number of nitrogens with zero attached hydrogens (tertiary/aromatic N) is 1. The van der Waals surface area contributed by atoms with Crippen molar-refractivity contribution >= 4 is 5.91 Å². The van der Waals surface area contributed by atoms with Crippen molar-refractivity contribution in [1.82, 2.24) is 10.2 Å². The second-order valence-corrected chi connectivity index (χ2v) is 4.68. The van der Waals surface area contributed by atoms with Crippen LogP contribution in [0.4, 0.5) is 0 Å². The largest absolute Gasteiger partial charge is 0.394 e. The Morgan fingerprint density at radius 3 is 2.73 bits per heavy atom. The van der Waals surface area contributed by atoms with Gasteiger partial charge >= 0.3 is 0 Å². The minimum absolute atomic E-state index is 0.0116. The monoisotopic (exact) mass is 212 g/mol. The smallest absolute Gasteiger partial charge is 0.239 e. The van der Waals surface area contributed by atoms with Gasteiger partial charge in [-0.3, -0.25) is 9.69 Å². The Morgan fingerprint density at radius 1 is 1.47 bits per heavy atom. The standard InChI is InChI=1S/C11H20N2O2/c1-8-6-12-11(15)10(7-14)13(8)9-4-2-3-5-9/h8-10,14H,2-7H2,1H3,(H,12,15). The highest BCUT2D eigenvalue weighted by Crippen LogP contribution is 2.28. The van der Waals surface area contributed by atoms with Crippen molar-refractivity contribution in [2.24, 2.45) is 0 Å². The summed E-state index contributed by atoms with van der Waals surface area (Å²) in [4.78, 5) is 13.9. The van der Waals surface area contributed by atoms with E-state index in [0.29, 0.717) is 18.6 Å². The van der Waals surface area contributed by atoms with Crippen molar-refractivity contribution in [2.75, 3.05) is 13.2 Å². The summed E-state index contributed by atoms with van der Waals surface area (Å²) in [5.41, 5.74) is 0. The molecule has 2 unspecified atom stereocenters. The lowest BCUT2D eigenvalue weighted by Crippen LogP contribution is -2.63. The zero-order valence-corrected chi connectivity index (χ0v) is 9.28. The van der Waals surface area contributed by atoms with Gasteiger partial charge in [-0.05, 0) is 19.8 Å². The topological polar surface area (TPSA) is 52.6 Å². The molecule has 4 nitrogen and oxygen atoms in total. The molecule has 1 heterocycles. The number of hydrogen-bond donors (Lipinski definition) is 2. The lowest BCUT2D eigenvalue weighted by molar-refractivity contribution is -0.134. The van der Waals surface area contributed by atoms with Gasteiger partial charge in [0, 0.05) is 18.6 Å². The molecule has 1 aliphatic heterocycles. The molecule has 0 aromatic carbocycles. The first-order valence-electron chi connectivity index (χ1n) is 5.90. The molecule has 86 valence electrons. The first-order valence-corrected chi connectivity index (χ1v) is 5.90. The van der Waals surface area contributed by atoms with Gasteiger partial charge in [0.15, 0.2) is 0 Å². The van der Waals surface area contributed by atoms with Crippen LogP contribution in [0.3, 0.4) is 0 Å². The number of aliphatic hydroxyl groups excluding tert-OH is 1. The predicted molar refractivity (Wildman–Crippen MR) is 57.4 cm³/mol. The summed E-state index contributed by atoms with van der Waals surface area (Å²) in [5.74, 6) is -0.0116. The summed E-state index contributed by atoms with van der Waals surface area (Å²) in [6, 6.07) is 0.531. The molecular formula is C11H20N2O2. The molecule has 1 saturated heterocycles. The van der Waals surface area contributed by atoms with E-state index in [-0.39, 0.29) is 18.6 Å². The minimum Gasteiger partial charge on any atom is -0.394 e. The highest BCUT2D eigenvalue weighted by Gasteiger charge is 2.38. The van der Waals surface area contributed by atoms with Gasteiger partial charge in [0.1, 0.15) is 6.04 Å². The molecule has 1 amide bonds. The van der Waals surface area contributed by atoms with Crippen molar-refractivity contribution in [2.45, 2.75) is 50.7 Å². The maximum atomic E-state index is 11.6. The van der Waals surface area contributed by atoms with Crippen LogP contribution in [0.25, 0.3) is 0 Å². The van der Waals surface area contributed by atoms with Crippen LogP contribution in [0.2, 0.25) is 0 Å². The number of aliphatic hydroxyl groups is 1. The van der Waals surface area contributed by atoms with Gasteiger partial charge in [0.25, 0.3) is 0 Å². The zero-order valence-electron chi connectivity index (χ0n) is 9.28. The Hall–Kier alpha value is -0.610. The highest BCUT2D eigenvalue weighted by molar-refractivity contribution is 5.82. The molecule has 2 fully saturated rings. The Kier molecular flexibility index (Phi) is 3.26. The Balaban J connectivity index is 2.11. The molecule has 0 aromatic heterocycles. The zero-order chi connectivity index (χ0) is 10.8. The van der Waals surface area contributed by atoms with Crippen molar-refractivity contribution in [1.29, 1.82) is 0 Å². The third-order valence-electron chi connectivity index (χ3n) is 3.66. The third kappa shape index (κ3) is 2.01. The Morgan fingerprint density at radius 2 is 2.13 bits per heavy atom. The van der Waals surface area contributed by atoms with Gasteiger partial charge in [-0.1, -0.05) is 12.8 Å². The molecule has 0 radical (unpaired) electrons. The molecule has 2 N–H and O–H groups in total. The van der Waals surface area contributed by atoms with Crippen molar-refractivity contribution in [3.05, 3.63) is 0 Å². The van der Waals surface area contributed by atoms with E-state index < -0.39 is 0 Å². The summed E-state index contributed by atoms with van der Waals surface area (Å²) in [6.07, 6.45) is 4.86. The molecule has 2 atom stereocenters. The van der Waals surface area contributed by atoms with E-state index >= 15 is 0 Å². The van der Waals surface area contributed by atoms with E-state index in [1.807, 2.05) is 0 Å². The average Bonchev–Trinajstić information content (AvgIpc) is 2.74. The van der Waals surface area contributed by atoms with Crippen LogP contribution < -0.4 is 5.32 Å². The molecule has 0 bridgehead atoms. The van der Waals surface area contributed by atoms with E-state index in [4.69, 9.17) is 0 Å². The van der Waals surface area contributed by atoms with E-state index in [2.05, 4.69) is 17.1 Å². The second-order valence-electron chi connectivity index (χ2n) is 4.68. The van der Waals surface area contributed by atoms with E-state index in [1.165, 1.54) is 25.7 Å². The van der Waals surface area contributed by atoms with Crippen LogP contribution in [0, 0.1) is 0 Å². The lowest BCUT2D eigenvalue weighted by atomic mass is 10.0. The SMILES string of the molecule is CC1CNC(=O)C(CO)N1C1CCCC1. The fourth-order valence-corrected chi connectivity index (χ4v) is 2.91. The third-order valence-corrected chi connectivity index (χ3v) is 3.66. The van der Waals surface area contributed by atoms with Crippen LogP contribution in [0.1, 0.15) is 32.6 Å². The van der Waals surface area contributed by atoms with Crippen LogP contribution in [-0.4, -0.2) is 47.2 Å². The van der Waals surface area contributed by atoms with Gasteiger partial charge in [0.2, 0.25) is 5.91 Å².